The van der Waals surface area contributed by atoms with Crippen LogP contribution in [-0.4, -0.2) is 15.9 Å². The first kappa shape index (κ1) is 16.3. The summed E-state index contributed by atoms with van der Waals surface area (Å²) in [7, 11) is 0. The highest BCUT2D eigenvalue weighted by molar-refractivity contribution is 9.09. The molecule has 2 atom stereocenters. The van der Waals surface area contributed by atoms with E-state index in [2.05, 4.69) is 29.8 Å². The molecular formula is C16H22BrNO3. The van der Waals surface area contributed by atoms with Crippen molar-refractivity contribution >= 4 is 21.6 Å². The summed E-state index contributed by atoms with van der Waals surface area (Å²) in [5.74, 6) is 0.772. The Morgan fingerprint density at radius 1 is 1.33 bits per heavy atom. The van der Waals surface area contributed by atoms with Crippen LogP contribution in [0.4, 0.5) is 5.69 Å². The van der Waals surface area contributed by atoms with Crippen LogP contribution in [0.3, 0.4) is 0 Å². The third kappa shape index (κ3) is 2.68. The van der Waals surface area contributed by atoms with Crippen LogP contribution in [0.25, 0.3) is 0 Å². The Bertz CT molecular complexity index is 555. The summed E-state index contributed by atoms with van der Waals surface area (Å²) in [6, 6.07) is 3.40. The van der Waals surface area contributed by atoms with Crippen LogP contribution in [0.1, 0.15) is 44.2 Å². The highest BCUT2D eigenvalue weighted by Crippen LogP contribution is 2.53. The van der Waals surface area contributed by atoms with Gasteiger partial charge in [0.15, 0.2) is 0 Å². The minimum Gasteiger partial charge on any atom is -0.489 e. The zero-order valence-corrected chi connectivity index (χ0v) is 14.6. The first-order valence-electron chi connectivity index (χ1n) is 7.42. The van der Waals surface area contributed by atoms with Gasteiger partial charge in [-0.05, 0) is 44.7 Å². The van der Waals surface area contributed by atoms with Gasteiger partial charge in [-0.3, -0.25) is 10.1 Å². The number of aryl methyl sites for hydroxylation is 2. The van der Waals surface area contributed by atoms with E-state index in [0.29, 0.717) is 10.4 Å². The molecule has 2 unspecified atom stereocenters. The average molecular weight is 356 g/mol. The fourth-order valence-electron chi connectivity index (χ4n) is 3.26. The van der Waals surface area contributed by atoms with Crippen LogP contribution in [-0.2, 0) is 0 Å². The third-order valence-electron chi connectivity index (χ3n) is 4.96. The first-order valence-corrected chi connectivity index (χ1v) is 8.33. The maximum atomic E-state index is 11.0. The van der Waals surface area contributed by atoms with Crippen molar-refractivity contribution in [1.82, 2.24) is 0 Å². The van der Waals surface area contributed by atoms with Crippen molar-refractivity contribution in [2.75, 3.05) is 0 Å². The molecule has 0 amide bonds. The van der Waals surface area contributed by atoms with Gasteiger partial charge in [-0.15, -0.1) is 0 Å². The van der Waals surface area contributed by atoms with E-state index in [1.54, 1.807) is 19.1 Å². The van der Waals surface area contributed by atoms with Gasteiger partial charge < -0.3 is 4.74 Å². The van der Waals surface area contributed by atoms with Gasteiger partial charge in [-0.2, -0.15) is 0 Å². The molecule has 4 nitrogen and oxygen atoms in total. The van der Waals surface area contributed by atoms with Gasteiger partial charge in [0.25, 0.3) is 5.69 Å². The number of nitro groups is 1. The Kier molecular flexibility index (Phi) is 4.61. The summed E-state index contributed by atoms with van der Waals surface area (Å²) in [5, 5.41) is 11.0. The number of halogens is 1. The third-order valence-corrected chi connectivity index (χ3v) is 6.25. The minimum atomic E-state index is -0.341. The lowest BCUT2D eigenvalue weighted by atomic mass is 9.62. The van der Waals surface area contributed by atoms with Crippen molar-refractivity contribution in [3.63, 3.8) is 0 Å². The lowest BCUT2D eigenvalue weighted by molar-refractivity contribution is -0.385. The second kappa shape index (κ2) is 5.95. The molecule has 0 bridgehead atoms. The van der Waals surface area contributed by atoms with E-state index >= 15 is 0 Å². The van der Waals surface area contributed by atoms with Gasteiger partial charge in [0.2, 0.25) is 0 Å². The molecular weight excluding hydrogens is 334 g/mol. The summed E-state index contributed by atoms with van der Waals surface area (Å²) in [6.07, 6.45) is 3.29. The summed E-state index contributed by atoms with van der Waals surface area (Å²) in [6.45, 7) is 8.01. The molecule has 1 aromatic rings. The van der Waals surface area contributed by atoms with E-state index in [0.717, 1.165) is 30.6 Å². The standard InChI is InChI=1S/C16H22BrNO3/c1-5-16(6-2)14(17)9-15(16)21-13-8-10(3)12(18(19)20)7-11(13)4/h7-8,14-15H,5-6,9H2,1-4H3. The Balaban J connectivity index is 2.25. The number of rotatable bonds is 5. The Morgan fingerprint density at radius 2 is 1.95 bits per heavy atom. The fourth-order valence-corrected chi connectivity index (χ4v) is 4.55. The van der Waals surface area contributed by atoms with Crippen LogP contribution in [0.2, 0.25) is 0 Å². The van der Waals surface area contributed by atoms with Crippen LogP contribution < -0.4 is 4.74 Å². The SMILES string of the molecule is CCC1(CC)C(Br)CC1Oc1cc(C)c([N+](=O)[O-])cc1C. The zero-order chi connectivity index (χ0) is 15.8. The number of nitro benzene ring substituents is 1. The normalized spacial score (nSPS) is 23.5. The monoisotopic (exact) mass is 355 g/mol. The topological polar surface area (TPSA) is 52.4 Å². The van der Waals surface area contributed by atoms with Gasteiger partial charge in [-0.1, -0.05) is 29.8 Å². The molecule has 5 heteroatoms. The molecule has 0 N–H and O–H groups in total. The minimum absolute atomic E-state index is 0.157. The van der Waals surface area contributed by atoms with E-state index in [1.165, 1.54) is 0 Å². The summed E-state index contributed by atoms with van der Waals surface area (Å²) in [4.78, 5) is 11.1. The number of hydrogen-bond acceptors (Lipinski definition) is 3. The summed E-state index contributed by atoms with van der Waals surface area (Å²) in [5.41, 5.74) is 1.80. The Hall–Kier alpha value is -1.10. The smallest absolute Gasteiger partial charge is 0.272 e. The van der Waals surface area contributed by atoms with Crippen LogP contribution in [0, 0.1) is 29.4 Å². The fraction of sp³-hybridized carbons (Fsp3) is 0.625. The second-order valence-electron chi connectivity index (χ2n) is 5.91. The molecule has 116 valence electrons. The molecule has 0 radical (unpaired) electrons. The molecule has 0 heterocycles. The number of ether oxygens (including phenoxy) is 1. The maximum absolute atomic E-state index is 11.0. The van der Waals surface area contributed by atoms with Gasteiger partial charge >= 0.3 is 0 Å². The molecule has 1 fully saturated rings. The molecule has 1 saturated carbocycles. The molecule has 1 aliphatic rings. The number of alkyl halides is 1. The lowest BCUT2D eigenvalue weighted by Gasteiger charge is -2.52. The van der Waals surface area contributed by atoms with Gasteiger partial charge in [0.05, 0.1) is 4.92 Å². The van der Waals surface area contributed by atoms with E-state index in [9.17, 15) is 10.1 Å². The number of benzene rings is 1. The predicted molar refractivity (Wildman–Crippen MR) is 87.3 cm³/mol. The van der Waals surface area contributed by atoms with Crippen molar-refractivity contribution in [2.45, 2.75) is 57.9 Å². The van der Waals surface area contributed by atoms with Crippen molar-refractivity contribution in [2.24, 2.45) is 5.41 Å². The van der Waals surface area contributed by atoms with Crippen LogP contribution in [0.15, 0.2) is 12.1 Å². The van der Waals surface area contributed by atoms with E-state index < -0.39 is 0 Å². The highest BCUT2D eigenvalue weighted by Gasteiger charge is 2.53. The number of nitrogens with zero attached hydrogens (tertiary/aromatic N) is 1. The molecule has 21 heavy (non-hydrogen) atoms. The molecule has 0 spiro atoms. The van der Waals surface area contributed by atoms with Gasteiger partial charge in [0, 0.05) is 21.9 Å². The molecule has 0 saturated heterocycles. The molecule has 1 aromatic carbocycles. The van der Waals surface area contributed by atoms with Crippen molar-refractivity contribution in [3.8, 4) is 5.75 Å². The number of hydrogen-bond donors (Lipinski definition) is 0. The molecule has 0 aliphatic heterocycles. The maximum Gasteiger partial charge on any atom is 0.272 e. The van der Waals surface area contributed by atoms with Crippen molar-refractivity contribution in [3.05, 3.63) is 33.4 Å². The summed E-state index contributed by atoms with van der Waals surface area (Å²) >= 11 is 3.75. The Labute approximate surface area is 134 Å². The zero-order valence-electron chi connectivity index (χ0n) is 13.0. The van der Waals surface area contributed by atoms with Crippen molar-refractivity contribution < 1.29 is 9.66 Å². The lowest BCUT2D eigenvalue weighted by Crippen LogP contribution is -2.56. The first-order chi connectivity index (χ1) is 9.85. The summed E-state index contributed by atoms with van der Waals surface area (Å²) < 4.78 is 6.21. The second-order valence-corrected chi connectivity index (χ2v) is 7.02. The van der Waals surface area contributed by atoms with Crippen molar-refractivity contribution in [1.29, 1.82) is 0 Å². The van der Waals surface area contributed by atoms with Gasteiger partial charge in [-0.25, -0.2) is 0 Å². The van der Waals surface area contributed by atoms with E-state index in [1.807, 2.05) is 6.92 Å². The molecule has 2 rings (SSSR count). The quantitative estimate of drug-likeness (QED) is 0.427. The molecule has 0 aromatic heterocycles. The van der Waals surface area contributed by atoms with Crippen LogP contribution >= 0.6 is 15.9 Å². The Morgan fingerprint density at radius 3 is 2.43 bits per heavy atom. The molecule has 1 aliphatic carbocycles. The largest absolute Gasteiger partial charge is 0.489 e. The van der Waals surface area contributed by atoms with E-state index in [4.69, 9.17) is 4.74 Å². The van der Waals surface area contributed by atoms with E-state index in [-0.39, 0.29) is 22.1 Å². The van der Waals surface area contributed by atoms with Gasteiger partial charge in [0.1, 0.15) is 11.9 Å². The van der Waals surface area contributed by atoms with Crippen LogP contribution in [0.5, 0.6) is 5.75 Å². The average Bonchev–Trinajstić information content (AvgIpc) is 2.43. The highest BCUT2D eigenvalue weighted by atomic mass is 79.9. The predicted octanol–water partition coefficient (Wildman–Crippen LogP) is 4.93.